The van der Waals surface area contributed by atoms with Gasteiger partial charge in [-0.05, 0) is 25.5 Å². The molecule has 0 aliphatic carbocycles. The Labute approximate surface area is 161 Å². The number of aryl methyl sites for hydroxylation is 1. The number of carbonyl (C=O) groups excluding carboxylic acids is 2. The van der Waals surface area contributed by atoms with Gasteiger partial charge in [-0.2, -0.15) is 0 Å². The van der Waals surface area contributed by atoms with Crippen LogP contribution in [0.3, 0.4) is 0 Å². The number of methoxy groups -OCH3 is 3. The molecule has 0 saturated heterocycles. The van der Waals surface area contributed by atoms with Gasteiger partial charge in [-0.3, -0.25) is 14.9 Å². The zero-order valence-electron chi connectivity index (χ0n) is 15.8. The summed E-state index contributed by atoms with van der Waals surface area (Å²) in [6.45, 7) is 3.53. The third kappa shape index (κ3) is 4.85. The molecule has 9 nitrogen and oxygen atoms in total. The molecular formula is C17H22N4O5S. The molecule has 0 unspecified atom stereocenters. The molecule has 0 radical (unpaired) electrons. The summed E-state index contributed by atoms with van der Waals surface area (Å²) >= 11 is 1.29. The second-order valence-electron chi connectivity index (χ2n) is 5.45. The van der Waals surface area contributed by atoms with Gasteiger partial charge in [-0.15, -0.1) is 10.2 Å². The minimum Gasteiger partial charge on any atom is -0.493 e. The third-order valence-electron chi connectivity index (χ3n) is 3.67. The van der Waals surface area contributed by atoms with Crippen molar-refractivity contribution in [3.05, 3.63) is 22.7 Å². The fourth-order valence-corrected chi connectivity index (χ4v) is 2.90. The topological polar surface area (TPSA) is 112 Å². The molecule has 2 rings (SSSR count). The Morgan fingerprint density at radius 1 is 1.11 bits per heavy atom. The highest BCUT2D eigenvalue weighted by atomic mass is 32.1. The molecule has 1 heterocycles. The van der Waals surface area contributed by atoms with E-state index in [9.17, 15) is 9.59 Å². The van der Waals surface area contributed by atoms with Crippen LogP contribution in [0.15, 0.2) is 12.1 Å². The number of aromatic nitrogens is 2. The molecule has 1 aromatic carbocycles. The summed E-state index contributed by atoms with van der Waals surface area (Å²) in [7, 11) is 4.40. The number of ether oxygens (including phenoxy) is 3. The van der Waals surface area contributed by atoms with Crippen molar-refractivity contribution in [2.45, 2.75) is 26.3 Å². The van der Waals surface area contributed by atoms with E-state index in [0.29, 0.717) is 22.4 Å². The summed E-state index contributed by atoms with van der Waals surface area (Å²) in [5, 5.41) is 14.3. The van der Waals surface area contributed by atoms with Crippen LogP contribution in [0.4, 0.5) is 5.13 Å². The molecule has 0 saturated carbocycles. The summed E-state index contributed by atoms with van der Waals surface area (Å²) in [6, 6.07) is 2.24. The van der Waals surface area contributed by atoms with Gasteiger partial charge in [0.1, 0.15) is 11.0 Å². The molecule has 0 spiro atoms. The summed E-state index contributed by atoms with van der Waals surface area (Å²) in [5.41, 5.74) is 0.272. The molecular weight excluding hydrogens is 372 g/mol. The van der Waals surface area contributed by atoms with Crippen molar-refractivity contribution in [1.29, 1.82) is 0 Å². The first-order chi connectivity index (χ1) is 12.9. The molecule has 1 atom stereocenters. The third-order valence-corrected chi connectivity index (χ3v) is 4.65. The molecule has 2 N–H and O–H groups in total. The number of amides is 2. The van der Waals surface area contributed by atoms with E-state index >= 15 is 0 Å². The predicted octanol–water partition coefficient (Wildman–Crippen LogP) is 1.88. The van der Waals surface area contributed by atoms with E-state index in [2.05, 4.69) is 20.8 Å². The normalized spacial score (nSPS) is 11.4. The Balaban J connectivity index is 2.10. The molecule has 1 aromatic heterocycles. The van der Waals surface area contributed by atoms with E-state index in [4.69, 9.17) is 14.2 Å². The van der Waals surface area contributed by atoms with Gasteiger partial charge in [-0.25, -0.2) is 0 Å². The van der Waals surface area contributed by atoms with Gasteiger partial charge in [0.2, 0.25) is 16.8 Å². The van der Waals surface area contributed by atoms with Gasteiger partial charge in [0, 0.05) is 5.56 Å². The van der Waals surface area contributed by atoms with E-state index < -0.39 is 17.9 Å². The van der Waals surface area contributed by atoms with E-state index in [1.165, 1.54) is 44.8 Å². The maximum atomic E-state index is 12.5. The largest absolute Gasteiger partial charge is 0.493 e. The standard InChI is InChI=1S/C17H22N4O5S/c1-6-13-20-21-17(27-13)19-15(22)9(2)18-16(23)10-7-11(24-3)14(26-5)12(8-10)25-4/h7-9H,6H2,1-5H3,(H,18,23)(H,19,21,22)/t9-/m0/s1. The van der Waals surface area contributed by atoms with Crippen LogP contribution in [0, 0.1) is 0 Å². The quantitative estimate of drug-likeness (QED) is 0.703. The van der Waals surface area contributed by atoms with Crippen LogP contribution in [0.1, 0.15) is 29.2 Å². The van der Waals surface area contributed by atoms with E-state index in [0.717, 1.165) is 11.4 Å². The van der Waals surface area contributed by atoms with Gasteiger partial charge in [-0.1, -0.05) is 18.3 Å². The summed E-state index contributed by atoms with van der Waals surface area (Å²) in [6.07, 6.45) is 0.737. The SMILES string of the molecule is CCc1nnc(NC(=O)[C@H](C)NC(=O)c2cc(OC)c(OC)c(OC)c2)s1. The van der Waals surface area contributed by atoms with Crippen molar-refractivity contribution in [3.63, 3.8) is 0 Å². The van der Waals surface area contributed by atoms with Crippen molar-refractivity contribution >= 4 is 28.3 Å². The fourth-order valence-electron chi connectivity index (χ4n) is 2.22. The van der Waals surface area contributed by atoms with Crippen molar-refractivity contribution in [3.8, 4) is 17.2 Å². The molecule has 0 bridgehead atoms. The van der Waals surface area contributed by atoms with Crippen LogP contribution in [0.25, 0.3) is 0 Å². The van der Waals surface area contributed by atoms with Crippen molar-refractivity contribution in [2.24, 2.45) is 0 Å². The first-order valence-electron chi connectivity index (χ1n) is 8.17. The molecule has 27 heavy (non-hydrogen) atoms. The highest BCUT2D eigenvalue weighted by molar-refractivity contribution is 7.15. The smallest absolute Gasteiger partial charge is 0.252 e. The molecule has 10 heteroatoms. The van der Waals surface area contributed by atoms with Gasteiger partial charge in [0.25, 0.3) is 5.91 Å². The van der Waals surface area contributed by atoms with Crippen molar-refractivity contribution in [1.82, 2.24) is 15.5 Å². The van der Waals surface area contributed by atoms with E-state index in [1.807, 2.05) is 6.92 Å². The Hall–Kier alpha value is -2.88. The van der Waals surface area contributed by atoms with Crippen LogP contribution in [0.5, 0.6) is 17.2 Å². The maximum Gasteiger partial charge on any atom is 0.252 e. The Morgan fingerprint density at radius 2 is 1.74 bits per heavy atom. The monoisotopic (exact) mass is 394 g/mol. The van der Waals surface area contributed by atoms with Crippen LogP contribution in [0.2, 0.25) is 0 Å². The zero-order valence-corrected chi connectivity index (χ0v) is 16.6. The number of benzene rings is 1. The lowest BCUT2D eigenvalue weighted by molar-refractivity contribution is -0.117. The highest BCUT2D eigenvalue weighted by Gasteiger charge is 2.21. The van der Waals surface area contributed by atoms with Gasteiger partial charge >= 0.3 is 0 Å². The summed E-state index contributed by atoms with van der Waals surface area (Å²) in [5.74, 6) is 0.225. The minimum absolute atomic E-state index is 0.272. The summed E-state index contributed by atoms with van der Waals surface area (Å²) < 4.78 is 15.7. The molecule has 2 amide bonds. The Morgan fingerprint density at radius 3 is 2.22 bits per heavy atom. The summed E-state index contributed by atoms with van der Waals surface area (Å²) in [4.78, 5) is 24.8. The minimum atomic E-state index is -0.787. The first-order valence-corrected chi connectivity index (χ1v) is 8.99. The average molecular weight is 394 g/mol. The number of hydrogen-bond acceptors (Lipinski definition) is 8. The van der Waals surface area contributed by atoms with Crippen LogP contribution < -0.4 is 24.8 Å². The molecule has 146 valence electrons. The number of rotatable bonds is 8. The number of carbonyl (C=O) groups is 2. The van der Waals surface area contributed by atoms with Gasteiger partial charge < -0.3 is 19.5 Å². The van der Waals surface area contributed by atoms with Gasteiger partial charge in [0.15, 0.2) is 11.5 Å². The Kier molecular flexibility index (Phi) is 6.94. The second-order valence-corrected chi connectivity index (χ2v) is 6.51. The first kappa shape index (κ1) is 20.4. The van der Waals surface area contributed by atoms with Crippen molar-refractivity contribution in [2.75, 3.05) is 26.6 Å². The van der Waals surface area contributed by atoms with E-state index in [1.54, 1.807) is 6.92 Å². The molecule has 0 aliphatic heterocycles. The fraction of sp³-hybridized carbons (Fsp3) is 0.412. The molecule has 0 fully saturated rings. The highest BCUT2D eigenvalue weighted by Crippen LogP contribution is 2.38. The van der Waals surface area contributed by atoms with Crippen LogP contribution >= 0.6 is 11.3 Å². The lowest BCUT2D eigenvalue weighted by Gasteiger charge is -2.16. The van der Waals surface area contributed by atoms with E-state index in [-0.39, 0.29) is 5.56 Å². The second kappa shape index (κ2) is 9.17. The number of hydrogen-bond donors (Lipinski definition) is 2. The molecule has 0 aliphatic rings. The number of nitrogens with zero attached hydrogens (tertiary/aromatic N) is 2. The Bertz CT molecular complexity index is 798. The number of nitrogens with one attached hydrogen (secondary N) is 2. The van der Waals surface area contributed by atoms with Crippen molar-refractivity contribution < 1.29 is 23.8 Å². The lowest BCUT2D eigenvalue weighted by Crippen LogP contribution is -2.41. The molecule has 2 aromatic rings. The predicted molar refractivity (Wildman–Crippen MR) is 101 cm³/mol. The van der Waals surface area contributed by atoms with Gasteiger partial charge in [0.05, 0.1) is 21.3 Å². The van der Waals surface area contributed by atoms with Crippen LogP contribution in [-0.2, 0) is 11.2 Å². The maximum absolute atomic E-state index is 12.5. The average Bonchev–Trinajstić information content (AvgIpc) is 3.13. The number of anilines is 1. The zero-order chi connectivity index (χ0) is 20.0. The lowest BCUT2D eigenvalue weighted by atomic mass is 10.1. The van der Waals surface area contributed by atoms with Crippen LogP contribution in [-0.4, -0.2) is 49.4 Å².